The van der Waals surface area contributed by atoms with Crippen LogP contribution < -0.4 is 10.2 Å². The van der Waals surface area contributed by atoms with E-state index in [0.29, 0.717) is 12.6 Å². The van der Waals surface area contributed by atoms with Crippen molar-refractivity contribution in [2.45, 2.75) is 26.3 Å². The SMILES string of the molecule is Cc1ccc(NC(=O)C[NH+]2CCc3sccc3[C@H]2C)cc1. The van der Waals surface area contributed by atoms with Crippen LogP contribution in [-0.2, 0) is 11.2 Å². The monoisotopic (exact) mass is 301 g/mol. The Hall–Kier alpha value is -1.65. The molecule has 2 aromatic rings. The summed E-state index contributed by atoms with van der Waals surface area (Å²) in [6.07, 6.45) is 1.09. The van der Waals surface area contributed by atoms with E-state index in [1.54, 1.807) is 0 Å². The molecule has 2 heterocycles. The Kier molecular flexibility index (Phi) is 4.08. The third-order valence-corrected chi connectivity index (χ3v) is 5.25. The quantitative estimate of drug-likeness (QED) is 0.895. The van der Waals surface area contributed by atoms with E-state index in [2.05, 4.69) is 23.7 Å². The maximum absolute atomic E-state index is 12.2. The van der Waals surface area contributed by atoms with Crippen molar-refractivity contribution in [2.75, 3.05) is 18.4 Å². The third kappa shape index (κ3) is 3.17. The van der Waals surface area contributed by atoms with Gasteiger partial charge in [0.15, 0.2) is 6.54 Å². The molecule has 4 heteroatoms. The maximum Gasteiger partial charge on any atom is 0.279 e. The molecule has 0 fully saturated rings. The molecule has 21 heavy (non-hydrogen) atoms. The number of carbonyl (C=O) groups excluding carboxylic acids is 1. The first-order chi connectivity index (χ1) is 10.1. The van der Waals surface area contributed by atoms with Gasteiger partial charge in [-0.15, -0.1) is 11.3 Å². The van der Waals surface area contributed by atoms with E-state index >= 15 is 0 Å². The van der Waals surface area contributed by atoms with Crippen molar-refractivity contribution in [2.24, 2.45) is 0 Å². The number of quaternary nitrogens is 1. The van der Waals surface area contributed by atoms with Gasteiger partial charge in [-0.3, -0.25) is 4.79 Å². The van der Waals surface area contributed by atoms with Crippen LogP contribution in [0.5, 0.6) is 0 Å². The zero-order valence-electron chi connectivity index (χ0n) is 12.5. The van der Waals surface area contributed by atoms with Crippen LogP contribution in [0.25, 0.3) is 0 Å². The van der Waals surface area contributed by atoms with Crippen LogP contribution in [0, 0.1) is 6.92 Å². The molecule has 1 aliphatic heterocycles. The summed E-state index contributed by atoms with van der Waals surface area (Å²) >= 11 is 1.84. The van der Waals surface area contributed by atoms with Gasteiger partial charge < -0.3 is 10.2 Å². The summed E-state index contributed by atoms with van der Waals surface area (Å²) in [5, 5.41) is 5.16. The van der Waals surface area contributed by atoms with E-state index in [9.17, 15) is 4.79 Å². The van der Waals surface area contributed by atoms with Gasteiger partial charge in [-0.05, 0) is 37.4 Å². The van der Waals surface area contributed by atoms with Crippen LogP contribution >= 0.6 is 11.3 Å². The van der Waals surface area contributed by atoms with Gasteiger partial charge in [0.2, 0.25) is 0 Å². The molecule has 0 aliphatic carbocycles. The number of anilines is 1. The Bertz CT molecular complexity index is 632. The topological polar surface area (TPSA) is 33.5 Å². The number of fused-ring (bicyclic) bond motifs is 1. The van der Waals surface area contributed by atoms with Crippen molar-refractivity contribution in [3.05, 3.63) is 51.7 Å². The average Bonchev–Trinajstić information content (AvgIpc) is 2.94. The number of rotatable bonds is 3. The van der Waals surface area contributed by atoms with Gasteiger partial charge >= 0.3 is 0 Å². The zero-order chi connectivity index (χ0) is 14.8. The van der Waals surface area contributed by atoms with Crippen molar-refractivity contribution >= 4 is 22.9 Å². The lowest BCUT2D eigenvalue weighted by molar-refractivity contribution is -0.923. The fraction of sp³-hybridized carbons (Fsp3) is 0.353. The molecule has 0 spiro atoms. The number of benzene rings is 1. The first-order valence-electron chi connectivity index (χ1n) is 7.41. The van der Waals surface area contributed by atoms with E-state index in [0.717, 1.165) is 18.7 Å². The normalized spacial score (nSPS) is 20.9. The second-order valence-electron chi connectivity index (χ2n) is 5.77. The van der Waals surface area contributed by atoms with Gasteiger partial charge in [-0.1, -0.05) is 17.7 Å². The standard InChI is InChI=1S/C17H20N2OS/c1-12-3-5-14(6-4-12)18-17(20)11-19-9-7-16-15(13(19)2)8-10-21-16/h3-6,8,10,13H,7,9,11H2,1-2H3,(H,18,20)/p+1/t13-/m1/s1. The molecule has 0 saturated heterocycles. The smallest absolute Gasteiger partial charge is 0.279 e. The maximum atomic E-state index is 12.2. The third-order valence-electron chi connectivity index (χ3n) is 4.25. The highest BCUT2D eigenvalue weighted by atomic mass is 32.1. The molecule has 1 aromatic heterocycles. The predicted molar refractivity (Wildman–Crippen MR) is 86.9 cm³/mol. The second kappa shape index (κ2) is 6.00. The van der Waals surface area contributed by atoms with Crippen molar-refractivity contribution in [3.8, 4) is 0 Å². The van der Waals surface area contributed by atoms with Crippen LogP contribution in [0.15, 0.2) is 35.7 Å². The molecule has 110 valence electrons. The van der Waals surface area contributed by atoms with E-state index in [4.69, 9.17) is 0 Å². The van der Waals surface area contributed by atoms with Gasteiger partial charge in [0.05, 0.1) is 6.54 Å². The van der Waals surface area contributed by atoms with Gasteiger partial charge in [-0.2, -0.15) is 0 Å². The number of hydrogen-bond donors (Lipinski definition) is 2. The Labute approximate surface area is 129 Å². The van der Waals surface area contributed by atoms with Crippen molar-refractivity contribution in [1.82, 2.24) is 0 Å². The Morgan fingerprint density at radius 1 is 1.33 bits per heavy atom. The molecule has 1 amide bonds. The highest BCUT2D eigenvalue weighted by Crippen LogP contribution is 2.24. The van der Waals surface area contributed by atoms with Gasteiger partial charge in [0, 0.05) is 22.5 Å². The van der Waals surface area contributed by atoms with Crippen LogP contribution in [0.1, 0.15) is 29.0 Å². The zero-order valence-corrected chi connectivity index (χ0v) is 13.3. The van der Waals surface area contributed by atoms with Crippen LogP contribution in [0.3, 0.4) is 0 Å². The summed E-state index contributed by atoms with van der Waals surface area (Å²) in [5.41, 5.74) is 3.50. The van der Waals surface area contributed by atoms with Crippen molar-refractivity contribution in [3.63, 3.8) is 0 Å². The van der Waals surface area contributed by atoms with Crippen molar-refractivity contribution in [1.29, 1.82) is 0 Å². The summed E-state index contributed by atoms with van der Waals surface area (Å²) < 4.78 is 0. The fourth-order valence-electron chi connectivity index (χ4n) is 2.94. The van der Waals surface area contributed by atoms with Gasteiger partial charge in [0.1, 0.15) is 6.04 Å². The van der Waals surface area contributed by atoms with Gasteiger partial charge in [-0.25, -0.2) is 0 Å². The molecular weight excluding hydrogens is 280 g/mol. The van der Waals surface area contributed by atoms with E-state index in [1.165, 1.54) is 20.9 Å². The fourth-order valence-corrected chi connectivity index (χ4v) is 3.92. The molecule has 1 aliphatic rings. The van der Waals surface area contributed by atoms with Crippen LogP contribution in [0.4, 0.5) is 5.69 Å². The molecule has 1 aromatic carbocycles. The second-order valence-corrected chi connectivity index (χ2v) is 6.77. The van der Waals surface area contributed by atoms with E-state index < -0.39 is 0 Å². The molecular formula is C17H21N2OS+. The minimum absolute atomic E-state index is 0.0967. The Morgan fingerprint density at radius 3 is 2.86 bits per heavy atom. The first kappa shape index (κ1) is 14.3. The number of carbonyl (C=O) groups is 1. The number of amides is 1. The Morgan fingerprint density at radius 2 is 2.10 bits per heavy atom. The highest BCUT2D eigenvalue weighted by Gasteiger charge is 2.29. The van der Waals surface area contributed by atoms with Crippen molar-refractivity contribution < 1.29 is 9.69 Å². The minimum atomic E-state index is 0.0967. The molecule has 0 bridgehead atoms. The number of aryl methyl sites for hydroxylation is 1. The Balaban J connectivity index is 1.62. The molecule has 1 unspecified atom stereocenters. The molecule has 2 atom stereocenters. The molecule has 3 nitrogen and oxygen atoms in total. The number of hydrogen-bond acceptors (Lipinski definition) is 2. The van der Waals surface area contributed by atoms with Gasteiger partial charge in [0.25, 0.3) is 5.91 Å². The lowest BCUT2D eigenvalue weighted by Crippen LogP contribution is -3.14. The molecule has 3 rings (SSSR count). The van der Waals surface area contributed by atoms with E-state index in [1.807, 2.05) is 42.5 Å². The minimum Gasteiger partial charge on any atom is -0.321 e. The lowest BCUT2D eigenvalue weighted by atomic mass is 10.0. The number of nitrogens with one attached hydrogen (secondary N) is 2. The first-order valence-corrected chi connectivity index (χ1v) is 8.29. The summed E-state index contributed by atoms with van der Waals surface area (Å²) in [7, 11) is 0. The molecule has 2 N–H and O–H groups in total. The van der Waals surface area contributed by atoms with Crippen LogP contribution in [0.2, 0.25) is 0 Å². The average molecular weight is 301 g/mol. The van der Waals surface area contributed by atoms with Crippen LogP contribution in [-0.4, -0.2) is 19.0 Å². The highest BCUT2D eigenvalue weighted by molar-refractivity contribution is 7.10. The summed E-state index contributed by atoms with van der Waals surface area (Å²) in [4.78, 5) is 15.1. The molecule has 0 saturated carbocycles. The summed E-state index contributed by atoms with van der Waals surface area (Å²) in [6, 6.07) is 10.6. The molecule has 0 radical (unpaired) electrons. The predicted octanol–water partition coefficient (Wildman–Crippen LogP) is 2.20. The summed E-state index contributed by atoms with van der Waals surface area (Å²) in [5.74, 6) is 0.0967. The lowest BCUT2D eigenvalue weighted by Gasteiger charge is -2.29. The largest absolute Gasteiger partial charge is 0.321 e. The summed E-state index contributed by atoms with van der Waals surface area (Å²) in [6.45, 7) is 5.84. The van der Waals surface area contributed by atoms with E-state index in [-0.39, 0.29) is 5.91 Å². The number of thiophene rings is 1.